The Labute approximate surface area is 101 Å². The highest BCUT2D eigenvalue weighted by Gasteiger charge is 2.31. The van der Waals surface area contributed by atoms with Gasteiger partial charge in [0.2, 0.25) is 11.9 Å². The summed E-state index contributed by atoms with van der Waals surface area (Å²) in [5.74, 6) is 0.675. The van der Waals surface area contributed by atoms with E-state index in [1.807, 2.05) is 0 Å². The molecule has 1 aromatic rings. The highest BCUT2D eigenvalue weighted by Crippen LogP contribution is 2.37. The number of hydrogen-bond acceptors (Lipinski definition) is 6. The van der Waals surface area contributed by atoms with Crippen LogP contribution in [0.25, 0.3) is 0 Å². The number of methoxy groups -OCH3 is 1. The molecular weight excluding hydrogens is 218 g/mol. The lowest BCUT2D eigenvalue weighted by atomic mass is 9.92. The van der Waals surface area contributed by atoms with Crippen molar-refractivity contribution in [2.75, 3.05) is 18.2 Å². The summed E-state index contributed by atoms with van der Waals surface area (Å²) in [7, 11) is 1.51. The second kappa shape index (κ2) is 4.35. The smallest absolute Gasteiger partial charge is 0.322 e. The van der Waals surface area contributed by atoms with Crippen molar-refractivity contribution in [3.8, 4) is 6.01 Å². The fraction of sp³-hybridized carbons (Fsp3) is 0.727. The summed E-state index contributed by atoms with van der Waals surface area (Å²) in [6.07, 6.45) is 3.45. The van der Waals surface area contributed by atoms with Gasteiger partial charge in [0, 0.05) is 6.04 Å². The lowest BCUT2D eigenvalue weighted by Gasteiger charge is -2.17. The molecule has 0 aromatic carbocycles. The first-order valence-corrected chi connectivity index (χ1v) is 5.80. The Balaban J connectivity index is 2.06. The Bertz CT molecular complexity index is 407. The van der Waals surface area contributed by atoms with Gasteiger partial charge in [0.25, 0.3) is 0 Å². The molecule has 1 unspecified atom stereocenters. The molecule has 1 aliphatic rings. The van der Waals surface area contributed by atoms with E-state index in [2.05, 4.69) is 34.1 Å². The first-order chi connectivity index (χ1) is 7.98. The number of hydrogen-bond donors (Lipinski definition) is 2. The maximum atomic E-state index is 5.58. The fourth-order valence-electron chi connectivity index (χ4n) is 2.27. The SMILES string of the molecule is COc1nc(N)nc(NC2CCC(C)(C)C2)n1. The topological polar surface area (TPSA) is 86.0 Å². The van der Waals surface area contributed by atoms with Crippen LogP contribution in [0.5, 0.6) is 6.01 Å². The number of nitrogens with one attached hydrogen (secondary N) is 1. The van der Waals surface area contributed by atoms with Crippen molar-refractivity contribution in [1.82, 2.24) is 15.0 Å². The molecule has 94 valence electrons. The van der Waals surface area contributed by atoms with Crippen LogP contribution in [-0.4, -0.2) is 28.1 Å². The fourth-order valence-corrected chi connectivity index (χ4v) is 2.27. The van der Waals surface area contributed by atoms with Crippen LogP contribution in [0.1, 0.15) is 33.1 Å². The van der Waals surface area contributed by atoms with E-state index in [0.717, 1.165) is 12.8 Å². The van der Waals surface area contributed by atoms with Gasteiger partial charge in [-0.15, -0.1) is 0 Å². The summed E-state index contributed by atoms with van der Waals surface area (Å²) in [5, 5.41) is 3.29. The summed E-state index contributed by atoms with van der Waals surface area (Å²) < 4.78 is 4.96. The van der Waals surface area contributed by atoms with Crippen LogP contribution in [0.4, 0.5) is 11.9 Å². The Morgan fingerprint density at radius 2 is 2.12 bits per heavy atom. The summed E-state index contributed by atoms with van der Waals surface area (Å²) in [4.78, 5) is 12.0. The number of nitrogens with zero attached hydrogens (tertiary/aromatic N) is 3. The maximum absolute atomic E-state index is 5.58. The lowest BCUT2D eigenvalue weighted by Crippen LogP contribution is -2.20. The number of anilines is 2. The number of rotatable bonds is 3. The van der Waals surface area contributed by atoms with Gasteiger partial charge in [0.05, 0.1) is 7.11 Å². The Kier molecular flexibility index (Phi) is 3.04. The van der Waals surface area contributed by atoms with Crippen LogP contribution < -0.4 is 15.8 Å². The first-order valence-electron chi connectivity index (χ1n) is 5.80. The van der Waals surface area contributed by atoms with E-state index in [4.69, 9.17) is 10.5 Å². The molecule has 0 aliphatic heterocycles. The van der Waals surface area contributed by atoms with Crippen molar-refractivity contribution in [3.63, 3.8) is 0 Å². The molecule has 1 saturated carbocycles. The van der Waals surface area contributed by atoms with Crippen LogP contribution in [-0.2, 0) is 0 Å². The lowest BCUT2D eigenvalue weighted by molar-refractivity contribution is 0.376. The van der Waals surface area contributed by atoms with Crippen LogP contribution in [0.2, 0.25) is 0 Å². The van der Waals surface area contributed by atoms with E-state index < -0.39 is 0 Å². The second-order valence-electron chi connectivity index (χ2n) is 5.25. The van der Waals surface area contributed by atoms with E-state index in [1.54, 1.807) is 0 Å². The van der Waals surface area contributed by atoms with Crippen molar-refractivity contribution in [2.24, 2.45) is 5.41 Å². The van der Waals surface area contributed by atoms with Gasteiger partial charge in [0.1, 0.15) is 0 Å². The molecule has 0 bridgehead atoms. The molecule has 3 N–H and O–H groups in total. The van der Waals surface area contributed by atoms with Gasteiger partial charge >= 0.3 is 6.01 Å². The van der Waals surface area contributed by atoms with Gasteiger partial charge in [-0.05, 0) is 24.7 Å². The van der Waals surface area contributed by atoms with Gasteiger partial charge in [0.15, 0.2) is 0 Å². The molecule has 0 saturated heterocycles. The van der Waals surface area contributed by atoms with Crippen LogP contribution >= 0.6 is 0 Å². The summed E-state index contributed by atoms with van der Waals surface area (Å²) in [5.41, 5.74) is 5.97. The molecule has 1 aromatic heterocycles. The number of nitrogen functional groups attached to an aromatic ring is 1. The molecule has 0 radical (unpaired) electrons. The highest BCUT2D eigenvalue weighted by atomic mass is 16.5. The minimum absolute atomic E-state index is 0.177. The van der Waals surface area contributed by atoms with Gasteiger partial charge < -0.3 is 15.8 Å². The first kappa shape index (κ1) is 11.9. The third-order valence-electron chi connectivity index (χ3n) is 3.12. The highest BCUT2D eigenvalue weighted by molar-refractivity contribution is 5.33. The molecule has 1 atom stereocenters. The molecule has 2 rings (SSSR count). The van der Waals surface area contributed by atoms with Gasteiger partial charge in [-0.25, -0.2) is 0 Å². The van der Waals surface area contributed by atoms with Crippen molar-refractivity contribution in [1.29, 1.82) is 0 Å². The molecular formula is C11H19N5O. The van der Waals surface area contributed by atoms with Gasteiger partial charge in [-0.1, -0.05) is 13.8 Å². The minimum Gasteiger partial charge on any atom is -0.467 e. The van der Waals surface area contributed by atoms with Crippen molar-refractivity contribution < 1.29 is 4.74 Å². The average Bonchev–Trinajstić information content (AvgIpc) is 2.57. The predicted octanol–water partition coefficient (Wildman–Crippen LogP) is 1.45. The zero-order valence-electron chi connectivity index (χ0n) is 10.5. The molecule has 6 nitrogen and oxygen atoms in total. The average molecular weight is 237 g/mol. The van der Waals surface area contributed by atoms with Crippen LogP contribution in [0.15, 0.2) is 0 Å². The molecule has 17 heavy (non-hydrogen) atoms. The summed E-state index contributed by atoms with van der Waals surface area (Å²) in [6, 6.07) is 0.647. The second-order valence-corrected chi connectivity index (χ2v) is 5.25. The Hall–Kier alpha value is -1.59. The third-order valence-corrected chi connectivity index (χ3v) is 3.12. The number of aromatic nitrogens is 3. The van der Waals surface area contributed by atoms with Gasteiger partial charge in [-0.3, -0.25) is 0 Å². The Morgan fingerprint density at radius 1 is 1.35 bits per heavy atom. The number of ether oxygens (including phenoxy) is 1. The molecule has 1 fully saturated rings. The van der Waals surface area contributed by atoms with E-state index in [9.17, 15) is 0 Å². The van der Waals surface area contributed by atoms with Gasteiger partial charge in [-0.2, -0.15) is 15.0 Å². The van der Waals surface area contributed by atoms with E-state index >= 15 is 0 Å². The normalized spacial score (nSPS) is 22.4. The minimum atomic E-state index is 0.177. The third kappa shape index (κ3) is 2.95. The van der Waals surface area contributed by atoms with Crippen molar-refractivity contribution in [2.45, 2.75) is 39.2 Å². The molecule has 6 heteroatoms. The summed E-state index contributed by atoms with van der Waals surface area (Å²) >= 11 is 0. The summed E-state index contributed by atoms with van der Waals surface area (Å²) in [6.45, 7) is 4.55. The number of nitrogens with two attached hydrogens (primary N) is 1. The van der Waals surface area contributed by atoms with Crippen molar-refractivity contribution >= 4 is 11.9 Å². The monoisotopic (exact) mass is 237 g/mol. The zero-order chi connectivity index (χ0) is 12.5. The molecule has 0 spiro atoms. The van der Waals surface area contributed by atoms with E-state index in [0.29, 0.717) is 17.4 Å². The quantitative estimate of drug-likeness (QED) is 0.827. The predicted molar refractivity (Wildman–Crippen MR) is 65.8 cm³/mol. The molecule has 1 heterocycles. The largest absolute Gasteiger partial charge is 0.467 e. The van der Waals surface area contributed by atoms with E-state index in [1.165, 1.54) is 13.5 Å². The molecule has 0 amide bonds. The molecule has 1 aliphatic carbocycles. The van der Waals surface area contributed by atoms with Crippen LogP contribution in [0.3, 0.4) is 0 Å². The maximum Gasteiger partial charge on any atom is 0.322 e. The van der Waals surface area contributed by atoms with Crippen molar-refractivity contribution in [3.05, 3.63) is 0 Å². The standard InChI is InChI=1S/C11H19N5O/c1-11(2)5-4-7(6-11)13-9-14-8(12)15-10(16-9)17-3/h7H,4-6H2,1-3H3,(H3,12,13,14,15,16). The van der Waals surface area contributed by atoms with Crippen LogP contribution in [0, 0.1) is 5.41 Å². The zero-order valence-corrected chi connectivity index (χ0v) is 10.5. The Morgan fingerprint density at radius 3 is 2.71 bits per heavy atom. The van der Waals surface area contributed by atoms with E-state index in [-0.39, 0.29) is 12.0 Å².